The maximum Gasteiger partial charge on any atom is 0.341 e. The summed E-state index contributed by atoms with van der Waals surface area (Å²) in [4.78, 5) is 49.7. The van der Waals surface area contributed by atoms with Gasteiger partial charge in [0.25, 0.3) is 11.5 Å². The minimum atomic E-state index is -0.839. The van der Waals surface area contributed by atoms with E-state index in [1.54, 1.807) is 36.6 Å². The van der Waals surface area contributed by atoms with Crippen LogP contribution in [0.2, 0.25) is 0 Å². The molecule has 35 heavy (non-hydrogen) atoms. The monoisotopic (exact) mass is 492 g/mol. The molecule has 0 atom stereocenters. The first kappa shape index (κ1) is 23.8. The number of rotatable bonds is 8. The summed E-state index contributed by atoms with van der Waals surface area (Å²) in [6.07, 6.45) is 0. The number of nitrogens with zero attached hydrogens (tertiary/aromatic N) is 3. The van der Waals surface area contributed by atoms with Gasteiger partial charge in [0.1, 0.15) is 22.6 Å². The highest BCUT2D eigenvalue weighted by Gasteiger charge is 2.23. The van der Waals surface area contributed by atoms with E-state index in [2.05, 4.69) is 15.6 Å². The predicted molar refractivity (Wildman–Crippen MR) is 129 cm³/mol. The summed E-state index contributed by atoms with van der Waals surface area (Å²) in [7, 11) is 0. The smallest absolute Gasteiger partial charge is 0.341 e. The topological polar surface area (TPSA) is 129 Å². The second-order valence-corrected chi connectivity index (χ2v) is 8.10. The van der Waals surface area contributed by atoms with Crippen LogP contribution in [0.25, 0.3) is 22.0 Å². The molecule has 0 unspecified atom stereocenters. The number of aromatic nitrogens is 3. The third kappa shape index (κ3) is 5.41. The molecule has 0 bridgehead atoms. The number of hydrogen-bond acceptors (Lipinski definition) is 9. The van der Waals surface area contributed by atoms with Gasteiger partial charge < -0.3 is 14.8 Å². The molecule has 1 N–H and O–H groups in total. The van der Waals surface area contributed by atoms with Crippen LogP contribution in [0.3, 0.4) is 0 Å². The molecule has 2 aromatic heterocycles. The average molecular weight is 493 g/mol. The van der Waals surface area contributed by atoms with E-state index >= 15 is 0 Å². The molecule has 2 aromatic carbocycles. The highest BCUT2D eigenvalue weighted by atomic mass is 32.1. The van der Waals surface area contributed by atoms with Crippen molar-refractivity contribution in [3.05, 3.63) is 75.9 Å². The van der Waals surface area contributed by atoms with Crippen molar-refractivity contribution in [2.45, 2.75) is 13.5 Å². The van der Waals surface area contributed by atoms with Crippen molar-refractivity contribution in [2.75, 3.05) is 18.5 Å². The number of fused-ring (bicyclic) bond motifs is 1. The maximum atomic E-state index is 12.6. The Morgan fingerprint density at radius 1 is 1.03 bits per heavy atom. The van der Waals surface area contributed by atoms with Gasteiger partial charge in [0.05, 0.1) is 12.0 Å². The quantitative estimate of drug-likeness (QED) is 0.372. The Bertz CT molecular complexity index is 1450. The van der Waals surface area contributed by atoms with Crippen molar-refractivity contribution < 1.29 is 23.9 Å². The lowest BCUT2D eigenvalue weighted by molar-refractivity contribution is -0.148. The number of esters is 2. The van der Waals surface area contributed by atoms with Gasteiger partial charge in [0.2, 0.25) is 0 Å². The average Bonchev–Trinajstić information content (AvgIpc) is 3.29. The predicted octanol–water partition coefficient (Wildman–Crippen LogP) is 2.88. The van der Waals surface area contributed by atoms with Crippen molar-refractivity contribution in [1.82, 2.24) is 15.0 Å². The fourth-order valence-corrected chi connectivity index (χ4v) is 4.26. The van der Waals surface area contributed by atoms with Crippen LogP contribution in [-0.4, -0.2) is 46.1 Å². The molecule has 0 saturated carbocycles. The van der Waals surface area contributed by atoms with E-state index in [4.69, 9.17) is 9.47 Å². The molecule has 0 aliphatic rings. The summed E-state index contributed by atoms with van der Waals surface area (Å²) in [6.45, 7) is 0.741. The van der Waals surface area contributed by atoms with Crippen LogP contribution in [0.1, 0.15) is 17.3 Å². The van der Waals surface area contributed by atoms with E-state index in [0.29, 0.717) is 16.5 Å². The van der Waals surface area contributed by atoms with Gasteiger partial charge in [-0.1, -0.05) is 47.7 Å². The van der Waals surface area contributed by atoms with Crippen molar-refractivity contribution in [2.24, 2.45) is 0 Å². The molecule has 0 fully saturated rings. The van der Waals surface area contributed by atoms with Gasteiger partial charge in [-0.25, -0.2) is 4.79 Å². The zero-order valence-corrected chi connectivity index (χ0v) is 19.4. The number of carbonyl (C=O) groups is 3. The Labute approximate surface area is 203 Å². The third-order valence-corrected chi connectivity index (χ3v) is 5.78. The molecule has 1 amide bonds. The Kier molecular flexibility index (Phi) is 7.27. The van der Waals surface area contributed by atoms with Crippen LogP contribution in [0.15, 0.2) is 64.8 Å². The van der Waals surface area contributed by atoms with Crippen molar-refractivity contribution in [1.29, 1.82) is 0 Å². The van der Waals surface area contributed by atoms with E-state index in [1.807, 2.05) is 30.3 Å². The fraction of sp³-hybridized carbons (Fsp3) is 0.167. The normalized spacial score (nSPS) is 10.7. The molecule has 10 nitrogen and oxygen atoms in total. The standard InChI is InChI=1S/C24H20N4O6S/c1-2-33-24(32)21-17(15-8-4-3-5-9-15)14-35-22(21)25-19(29)13-34-20(30)12-28-23(31)16-10-6-7-11-18(16)26-27-28/h3-11,14H,2,12-13H2,1H3,(H,25,29). The number of hydrogen-bond donors (Lipinski definition) is 1. The molecule has 0 radical (unpaired) electrons. The molecule has 0 saturated heterocycles. The number of amides is 1. The number of thiophene rings is 1. The van der Waals surface area contributed by atoms with Gasteiger partial charge in [0, 0.05) is 10.9 Å². The first-order valence-corrected chi connectivity index (χ1v) is 11.5. The number of carbonyl (C=O) groups excluding carboxylic acids is 3. The van der Waals surface area contributed by atoms with Crippen LogP contribution in [0.5, 0.6) is 0 Å². The van der Waals surface area contributed by atoms with Crippen LogP contribution < -0.4 is 10.9 Å². The molecule has 0 aliphatic heterocycles. The number of nitrogens with one attached hydrogen (secondary N) is 1. The summed E-state index contributed by atoms with van der Waals surface area (Å²) >= 11 is 1.16. The zero-order valence-electron chi connectivity index (χ0n) is 18.6. The molecule has 0 aliphatic carbocycles. The molecule has 178 valence electrons. The lowest BCUT2D eigenvalue weighted by Crippen LogP contribution is -2.30. The summed E-state index contributed by atoms with van der Waals surface area (Å²) in [5, 5.41) is 12.6. The lowest BCUT2D eigenvalue weighted by atomic mass is 10.0. The van der Waals surface area contributed by atoms with E-state index in [9.17, 15) is 19.2 Å². The Hall–Kier alpha value is -4.38. The molecule has 4 rings (SSSR count). The van der Waals surface area contributed by atoms with Gasteiger partial charge >= 0.3 is 11.9 Å². The van der Waals surface area contributed by atoms with Gasteiger partial charge in [-0.3, -0.25) is 14.4 Å². The molecule has 4 aromatic rings. The lowest BCUT2D eigenvalue weighted by Gasteiger charge is -2.09. The van der Waals surface area contributed by atoms with Crippen molar-refractivity contribution >= 4 is 45.1 Å². The summed E-state index contributed by atoms with van der Waals surface area (Å²) in [5.74, 6) is -2.06. The van der Waals surface area contributed by atoms with Gasteiger partial charge in [-0.15, -0.1) is 16.4 Å². The summed E-state index contributed by atoms with van der Waals surface area (Å²) in [5.41, 5.74) is 1.55. The molecule has 11 heteroatoms. The number of ether oxygens (including phenoxy) is 2. The van der Waals surface area contributed by atoms with E-state index in [-0.39, 0.29) is 17.2 Å². The van der Waals surface area contributed by atoms with Gasteiger partial charge in [-0.2, -0.15) is 4.68 Å². The van der Waals surface area contributed by atoms with Crippen molar-refractivity contribution in [3.63, 3.8) is 0 Å². The van der Waals surface area contributed by atoms with E-state index in [0.717, 1.165) is 21.6 Å². The fourth-order valence-electron chi connectivity index (χ4n) is 3.29. The van der Waals surface area contributed by atoms with Crippen LogP contribution in [0.4, 0.5) is 5.00 Å². The van der Waals surface area contributed by atoms with E-state index < -0.39 is 36.6 Å². The second-order valence-electron chi connectivity index (χ2n) is 7.22. The minimum absolute atomic E-state index is 0.172. The third-order valence-electron chi connectivity index (χ3n) is 4.88. The molecule has 2 heterocycles. The largest absolute Gasteiger partial charge is 0.462 e. The second kappa shape index (κ2) is 10.7. The van der Waals surface area contributed by atoms with Gasteiger partial charge in [0.15, 0.2) is 6.61 Å². The number of benzene rings is 2. The molecular formula is C24H20N4O6S. The zero-order chi connectivity index (χ0) is 24.8. The molecule has 0 spiro atoms. The Balaban J connectivity index is 1.43. The highest BCUT2D eigenvalue weighted by molar-refractivity contribution is 7.15. The highest BCUT2D eigenvalue weighted by Crippen LogP contribution is 2.36. The number of anilines is 1. The van der Waals surface area contributed by atoms with Crippen molar-refractivity contribution in [3.8, 4) is 11.1 Å². The summed E-state index contributed by atoms with van der Waals surface area (Å²) in [6, 6.07) is 15.8. The SMILES string of the molecule is CCOC(=O)c1c(-c2ccccc2)csc1NC(=O)COC(=O)Cn1nnc2ccccc2c1=O. The van der Waals surface area contributed by atoms with Gasteiger partial charge in [-0.05, 0) is 24.6 Å². The summed E-state index contributed by atoms with van der Waals surface area (Å²) < 4.78 is 11.0. The van der Waals surface area contributed by atoms with Crippen LogP contribution in [-0.2, 0) is 25.6 Å². The van der Waals surface area contributed by atoms with E-state index in [1.165, 1.54) is 0 Å². The van der Waals surface area contributed by atoms with Crippen LogP contribution >= 0.6 is 11.3 Å². The first-order valence-electron chi connectivity index (χ1n) is 10.6. The Morgan fingerprint density at radius 2 is 1.77 bits per heavy atom. The first-order chi connectivity index (χ1) is 17.0. The van der Waals surface area contributed by atoms with Crippen LogP contribution in [0, 0.1) is 0 Å². The molecular weight excluding hydrogens is 472 g/mol. The Morgan fingerprint density at radius 3 is 2.54 bits per heavy atom. The maximum absolute atomic E-state index is 12.6. The minimum Gasteiger partial charge on any atom is -0.462 e.